The minimum atomic E-state index is -3.44. The fourth-order valence-electron chi connectivity index (χ4n) is 4.52. The molecule has 1 heterocycles. The van der Waals surface area contributed by atoms with Crippen LogP contribution in [0.1, 0.15) is 53.6 Å². The maximum absolute atomic E-state index is 12.9. The number of sulfonamides is 1. The summed E-state index contributed by atoms with van der Waals surface area (Å²) in [5.74, 6) is 0.0124. The summed E-state index contributed by atoms with van der Waals surface area (Å²) in [5.41, 5.74) is 2.88. The minimum Gasteiger partial charge on any atom is -0.349 e. The smallest absolute Gasteiger partial charge is 0.251 e. The highest BCUT2D eigenvalue weighted by atomic mass is 32.2. The molecule has 6 nitrogen and oxygen atoms in total. The van der Waals surface area contributed by atoms with Gasteiger partial charge in [-0.3, -0.25) is 9.69 Å². The summed E-state index contributed by atoms with van der Waals surface area (Å²) in [6, 6.07) is 15.1. The zero-order valence-electron chi connectivity index (χ0n) is 18.8. The van der Waals surface area contributed by atoms with Crippen LogP contribution < -0.4 is 5.32 Å². The van der Waals surface area contributed by atoms with E-state index in [0.717, 1.165) is 30.5 Å². The first-order valence-corrected chi connectivity index (χ1v) is 13.0. The Labute approximate surface area is 191 Å². The molecule has 0 unspecified atom stereocenters. The highest BCUT2D eigenvalue weighted by molar-refractivity contribution is 7.89. The average molecular weight is 456 g/mol. The molecule has 1 saturated carbocycles. The van der Waals surface area contributed by atoms with Gasteiger partial charge in [0.15, 0.2) is 0 Å². The number of amides is 1. The van der Waals surface area contributed by atoms with Crippen molar-refractivity contribution in [2.75, 3.05) is 26.2 Å². The summed E-state index contributed by atoms with van der Waals surface area (Å²) >= 11 is 0. The zero-order chi connectivity index (χ0) is 22.6. The number of benzene rings is 2. The van der Waals surface area contributed by atoms with Gasteiger partial charge in [-0.1, -0.05) is 49.1 Å². The minimum absolute atomic E-state index is 0.0124. The van der Waals surface area contributed by atoms with Gasteiger partial charge in [0.2, 0.25) is 10.0 Å². The molecule has 32 heavy (non-hydrogen) atoms. The van der Waals surface area contributed by atoms with Gasteiger partial charge in [0.05, 0.1) is 4.90 Å². The van der Waals surface area contributed by atoms with Gasteiger partial charge in [-0.15, -0.1) is 0 Å². The molecule has 1 saturated heterocycles. The Hall–Kier alpha value is -2.22. The van der Waals surface area contributed by atoms with Crippen molar-refractivity contribution in [3.63, 3.8) is 0 Å². The first kappa shape index (κ1) is 23.0. The van der Waals surface area contributed by atoms with E-state index in [1.54, 1.807) is 16.4 Å². The van der Waals surface area contributed by atoms with Gasteiger partial charge in [0, 0.05) is 44.3 Å². The number of hydrogen-bond acceptors (Lipinski definition) is 4. The van der Waals surface area contributed by atoms with E-state index >= 15 is 0 Å². The van der Waals surface area contributed by atoms with E-state index in [4.69, 9.17) is 0 Å². The number of piperazine rings is 1. The van der Waals surface area contributed by atoms with Crippen molar-refractivity contribution >= 4 is 15.9 Å². The van der Waals surface area contributed by atoms with Crippen LogP contribution in [0.5, 0.6) is 0 Å². The van der Waals surface area contributed by atoms with Crippen LogP contribution in [0, 0.1) is 6.92 Å². The number of nitrogens with one attached hydrogen (secondary N) is 1. The van der Waals surface area contributed by atoms with E-state index < -0.39 is 10.0 Å². The lowest BCUT2D eigenvalue weighted by Crippen LogP contribution is -2.48. The predicted molar refractivity (Wildman–Crippen MR) is 126 cm³/mol. The van der Waals surface area contributed by atoms with Gasteiger partial charge >= 0.3 is 0 Å². The second kappa shape index (κ2) is 10.1. The lowest BCUT2D eigenvalue weighted by Gasteiger charge is -2.34. The van der Waals surface area contributed by atoms with E-state index in [1.165, 1.54) is 19.3 Å². The largest absolute Gasteiger partial charge is 0.349 e. The van der Waals surface area contributed by atoms with E-state index in [1.807, 2.05) is 43.3 Å². The Bertz CT molecular complexity index is 1010. The average Bonchev–Trinajstić information content (AvgIpc) is 2.81. The molecule has 0 radical (unpaired) electrons. The molecule has 1 amide bonds. The number of carbonyl (C=O) groups excluding carboxylic acids is 1. The molecule has 1 N–H and O–H groups in total. The van der Waals surface area contributed by atoms with Gasteiger partial charge in [-0.25, -0.2) is 8.42 Å². The third-order valence-electron chi connectivity index (χ3n) is 6.55. The molecule has 1 aliphatic carbocycles. The summed E-state index contributed by atoms with van der Waals surface area (Å²) in [6.45, 7) is 5.05. The third-order valence-corrected chi connectivity index (χ3v) is 8.47. The summed E-state index contributed by atoms with van der Waals surface area (Å²) in [5, 5.41) is 3.16. The SMILES string of the molecule is Cc1ccc(S(=O)(=O)N2CCN(Cc3ccc(C(=O)NC4CCCCC4)cc3)CC2)cc1. The highest BCUT2D eigenvalue weighted by Crippen LogP contribution is 2.20. The molecule has 2 fully saturated rings. The van der Waals surface area contributed by atoms with E-state index in [9.17, 15) is 13.2 Å². The van der Waals surface area contributed by atoms with Crippen LogP contribution in [0.4, 0.5) is 0 Å². The molecule has 0 atom stereocenters. The topological polar surface area (TPSA) is 69.7 Å². The van der Waals surface area contributed by atoms with Crippen LogP contribution in [-0.4, -0.2) is 55.8 Å². The van der Waals surface area contributed by atoms with Crippen molar-refractivity contribution in [2.45, 2.75) is 56.5 Å². The fraction of sp³-hybridized carbons (Fsp3) is 0.480. The molecule has 2 aromatic carbocycles. The first-order chi connectivity index (χ1) is 15.4. The molecule has 1 aliphatic heterocycles. The van der Waals surface area contributed by atoms with E-state index in [0.29, 0.717) is 42.7 Å². The lowest BCUT2D eigenvalue weighted by molar-refractivity contribution is 0.0927. The predicted octanol–water partition coefficient (Wildman–Crippen LogP) is 3.56. The molecule has 0 bridgehead atoms. The Kier molecular flexibility index (Phi) is 7.28. The zero-order valence-corrected chi connectivity index (χ0v) is 19.6. The molecular weight excluding hydrogens is 422 g/mol. The molecule has 2 aliphatic rings. The van der Waals surface area contributed by atoms with Crippen molar-refractivity contribution in [3.05, 3.63) is 65.2 Å². The summed E-state index contributed by atoms with van der Waals surface area (Å²) < 4.78 is 27.3. The van der Waals surface area contributed by atoms with Crippen LogP contribution in [-0.2, 0) is 16.6 Å². The molecule has 4 rings (SSSR count). The van der Waals surface area contributed by atoms with Gasteiger partial charge in [-0.05, 0) is 49.6 Å². The molecular formula is C25H33N3O3S. The van der Waals surface area contributed by atoms with Crippen LogP contribution in [0.25, 0.3) is 0 Å². The van der Waals surface area contributed by atoms with Crippen LogP contribution >= 0.6 is 0 Å². The number of rotatable bonds is 6. The number of aryl methyl sites for hydroxylation is 1. The maximum Gasteiger partial charge on any atom is 0.251 e. The van der Waals surface area contributed by atoms with Gasteiger partial charge in [-0.2, -0.15) is 4.31 Å². The van der Waals surface area contributed by atoms with Crippen LogP contribution in [0.2, 0.25) is 0 Å². The normalized spacial score (nSPS) is 19.0. The molecule has 7 heteroatoms. The van der Waals surface area contributed by atoms with E-state index in [2.05, 4.69) is 10.2 Å². The summed E-state index contributed by atoms with van der Waals surface area (Å²) in [6.07, 6.45) is 5.82. The quantitative estimate of drug-likeness (QED) is 0.723. The first-order valence-electron chi connectivity index (χ1n) is 11.6. The van der Waals surface area contributed by atoms with Crippen molar-refractivity contribution in [3.8, 4) is 0 Å². The third kappa shape index (κ3) is 5.57. The van der Waals surface area contributed by atoms with Crippen molar-refractivity contribution in [1.82, 2.24) is 14.5 Å². The Morgan fingerprint density at radius 2 is 1.53 bits per heavy atom. The fourth-order valence-corrected chi connectivity index (χ4v) is 5.94. The maximum atomic E-state index is 12.9. The van der Waals surface area contributed by atoms with Crippen LogP contribution in [0.15, 0.2) is 53.4 Å². The molecule has 0 aromatic heterocycles. The Morgan fingerprint density at radius 1 is 0.906 bits per heavy atom. The molecule has 2 aromatic rings. The highest BCUT2D eigenvalue weighted by Gasteiger charge is 2.28. The number of carbonyl (C=O) groups is 1. The number of nitrogens with zero attached hydrogens (tertiary/aromatic N) is 2. The second-order valence-electron chi connectivity index (χ2n) is 9.00. The second-order valence-corrected chi connectivity index (χ2v) is 10.9. The Morgan fingerprint density at radius 3 is 2.16 bits per heavy atom. The molecule has 172 valence electrons. The summed E-state index contributed by atoms with van der Waals surface area (Å²) in [4.78, 5) is 15.1. The van der Waals surface area contributed by atoms with Gasteiger partial charge in [0.1, 0.15) is 0 Å². The summed E-state index contributed by atoms with van der Waals surface area (Å²) in [7, 11) is -3.44. The van der Waals surface area contributed by atoms with Crippen molar-refractivity contribution < 1.29 is 13.2 Å². The molecule has 0 spiro atoms. The van der Waals surface area contributed by atoms with E-state index in [-0.39, 0.29) is 5.91 Å². The number of hydrogen-bond donors (Lipinski definition) is 1. The Balaban J connectivity index is 1.28. The monoisotopic (exact) mass is 455 g/mol. The van der Waals surface area contributed by atoms with Gasteiger partial charge < -0.3 is 5.32 Å². The lowest BCUT2D eigenvalue weighted by atomic mass is 9.95. The van der Waals surface area contributed by atoms with Gasteiger partial charge in [0.25, 0.3) is 5.91 Å². The van der Waals surface area contributed by atoms with Crippen molar-refractivity contribution in [2.24, 2.45) is 0 Å². The van der Waals surface area contributed by atoms with Crippen molar-refractivity contribution in [1.29, 1.82) is 0 Å². The van der Waals surface area contributed by atoms with Crippen LogP contribution in [0.3, 0.4) is 0 Å². The standard InChI is InChI=1S/C25H33N3O3S/c1-20-7-13-24(14-8-20)32(30,31)28-17-15-27(16-18-28)19-21-9-11-22(12-10-21)25(29)26-23-5-3-2-4-6-23/h7-14,23H,2-6,15-19H2,1H3,(H,26,29).